The van der Waals surface area contributed by atoms with Crippen LogP contribution in [0, 0.1) is 17.1 Å². The summed E-state index contributed by atoms with van der Waals surface area (Å²) in [6.45, 7) is 3.96. The summed E-state index contributed by atoms with van der Waals surface area (Å²) in [5.74, 6) is 0.910. The third-order valence-electron chi connectivity index (χ3n) is 4.28. The van der Waals surface area contributed by atoms with E-state index in [4.69, 9.17) is 21.1 Å². The number of allylic oxidation sites excluding steroid dienone is 1. The summed E-state index contributed by atoms with van der Waals surface area (Å²) >= 11 is 6.39. The molecule has 0 bridgehead atoms. The molecule has 0 unspecified atom stereocenters. The Balaban J connectivity index is 2.02. The molecule has 3 rings (SSSR count). The molecule has 5 nitrogen and oxygen atoms in total. The summed E-state index contributed by atoms with van der Waals surface area (Å²) in [4.78, 5) is 7.32. The number of halogens is 2. The molecule has 2 aromatic carbocycles. The lowest BCUT2D eigenvalue weighted by molar-refractivity contribution is 0.208. The zero-order valence-electron chi connectivity index (χ0n) is 15.7. The van der Waals surface area contributed by atoms with Gasteiger partial charge in [-0.05, 0) is 55.3 Å². The van der Waals surface area contributed by atoms with Crippen molar-refractivity contribution in [1.82, 2.24) is 9.97 Å². The normalized spacial score (nSPS) is 12.6. The molecule has 1 N–H and O–H groups in total. The molecular weight excluding hydrogens is 381 g/mol. The lowest BCUT2D eigenvalue weighted by Crippen LogP contribution is -2.11. The summed E-state index contributed by atoms with van der Waals surface area (Å²) in [7, 11) is 1.53. The van der Waals surface area contributed by atoms with Crippen molar-refractivity contribution in [2.75, 3.05) is 7.11 Å². The first-order valence-corrected chi connectivity index (χ1v) is 9.14. The van der Waals surface area contributed by atoms with Crippen LogP contribution in [0.3, 0.4) is 0 Å². The van der Waals surface area contributed by atoms with Gasteiger partial charge in [0.15, 0.2) is 11.5 Å². The minimum absolute atomic E-state index is 0.0154. The van der Waals surface area contributed by atoms with Gasteiger partial charge in [0.25, 0.3) is 0 Å². The number of benzene rings is 2. The van der Waals surface area contributed by atoms with Crippen LogP contribution in [0.1, 0.15) is 31.7 Å². The molecule has 0 radical (unpaired) electrons. The number of methoxy groups -OCH3 is 1. The van der Waals surface area contributed by atoms with E-state index >= 15 is 0 Å². The number of imidazole rings is 1. The van der Waals surface area contributed by atoms with Crippen molar-refractivity contribution in [2.24, 2.45) is 0 Å². The molecule has 1 aromatic heterocycles. The van der Waals surface area contributed by atoms with Crippen molar-refractivity contribution in [3.63, 3.8) is 0 Å². The van der Waals surface area contributed by atoms with E-state index in [1.165, 1.54) is 19.2 Å². The summed E-state index contributed by atoms with van der Waals surface area (Å²) in [5.41, 5.74) is 2.03. The number of hydrogen-bond acceptors (Lipinski definition) is 4. The van der Waals surface area contributed by atoms with Crippen LogP contribution in [-0.4, -0.2) is 23.2 Å². The third-order valence-corrected chi connectivity index (χ3v) is 4.56. The predicted octanol–water partition coefficient (Wildman–Crippen LogP) is 5.61. The van der Waals surface area contributed by atoms with Crippen LogP contribution >= 0.6 is 11.6 Å². The molecule has 0 aliphatic heterocycles. The number of H-pyrrole nitrogens is 1. The highest BCUT2D eigenvalue weighted by molar-refractivity contribution is 6.32. The highest BCUT2D eigenvalue weighted by Crippen LogP contribution is 2.38. The zero-order valence-corrected chi connectivity index (χ0v) is 16.5. The topological polar surface area (TPSA) is 70.9 Å². The Labute approximate surface area is 167 Å². The van der Waals surface area contributed by atoms with Crippen LogP contribution in [0.2, 0.25) is 5.02 Å². The van der Waals surface area contributed by atoms with Gasteiger partial charge in [-0.1, -0.05) is 18.5 Å². The van der Waals surface area contributed by atoms with Gasteiger partial charge >= 0.3 is 0 Å². The van der Waals surface area contributed by atoms with Crippen LogP contribution in [0.5, 0.6) is 11.5 Å². The maximum atomic E-state index is 13.4. The predicted molar refractivity (Wildman–Crippen MR) is 108 cm³/mol. The highest BCUT2D eigenvalue weighted by Gasteiger charge is 2.15. The van der Waals surface area contributed by atoms with Gasteiger partial charge in [0.05, 0.1) is 34.8 Å². The second kappa shape index (κ2) is 8.32. The van der Waals surface area contributed by atoms with E-state index in [0.29, 0.717) is 38.9 Å². The number of nitrogens with zero attached hydrogens (tertiary/aromatic N) is 2. The molecule has 7 heteroatoms. The maximum Gasteiger partial charge on any atom is 0.180 e. The molecule has 0 spiro atoms. The Hall–Kier alpha value is -3.04. The zero-order chi connectivity index (χ0) is 20.3. The number of rotatable bonds is 6. The molecular formula is C21H19ClFN3O2. The fourth-order valence-electron chi connectivity index (χ4n) is 2.65. The fourth-order valence-corrected chi connectivity index (χ4v) is 2.92. The molecule has 0 saturated heterocycles. The first-order chi connectivity index (χ1) is 13.4. The molecule has 1 atom stereocenters. The molecule has 28 heavy (non-hydrogen) atoms. The highest BCUT2D eigenvalue weighted by atomic mass is 35.5. The summed E-state index contributed by atoms with van der Waals surface area (Å²) in [5, 5.41) is 9.96. The molecule has 0 fully saturated rings. The van der Waals surface area contributed by atoms with E-state index in [-0.39, 0.29) is 17.5 Å². The maximum absolute atomic E-state index is 13.4. The number of hydrogen-bond donors (Lipinski definition) is 1. The van der Waals surface area contributed by atoms with Crippen LogP contribution < -0.4 is 9.47 Å². The summed E-state index contributed by atoms with van der Waals surface area (Å²) < 4.78 is 24.6. The van der Waals surface area contributed by atoms with E-state index in [0.717, 1.165) is 6.42 Å². The average Bonchev–Trinajstić information content (AvgIpc) is 3.10. The summed E-state index contributed by atoms with van der Waals surface area (Å²) in [6, 6.07) is 9.76. The number of nitriles is 1. The van der Waals surface area contributed by atoms with Gasteiger partial charge in [-0.2, -0.15) is 5.26 Å². The standard InChI is InChI=1S/C21H19ClFN3O2/c1-4-12(2)28-20-16(22)8-13(9-19(20)27-3)7-14(11-24)21-25-17-6-5-15(23)10-18(17)26-21/h5-10,12H,4H2,1-3H3,(H,25,26)/b14-7-/t12-/m0/s1. The smallest absolute Gasteiger partial charge is 0.180 e. The van der Waals surface area contributed by atoms with Crippen molar-refractivity contribution < 1.29 is 13.9 Å². The Bertz CT molecular complexity index is 1090. The van der Waals surface area contributed by atoms with Crippen molar-refractivity contribution in [3.05, 3.63) is 52.6 Å². The number of fused-ring (bicyclic) bond motifs is 1. The van der Waals surface area contributed by atoms with Gasteiger partial charge in [-0.25, -0.2) is 9.37 Å². The van der Waals surface area contributed by atoms with Crippen molar-refractivity contribution >= 4 is 34.3 Å². The van der Waals surface area contributed by atoms with Crippen molar-refractivity contribution in [1.29, 1.82) is 5.26 Å². The minimum atomic E-state index is -0.376. The van der Waals surface area contributed by atoms with Gasteiger partial charge < -0.3 is 14.5 Å². The van der Waals surface area contributed by atoms with Gasteiger partial charge in [-0.3, -0.25) is 0 Å². The molecule has 3 aromatic rings. The van der Waals surface area contributed by atoms with E-state index in [9.17, 15) is 9.65 Å². The van der Waals surface area contributed by atoms with Gasteiger partial charge in [-0.15, -0.1) is 0 Å². The van der Waals surface area contributed by atoms with Gasteiger partial charge in [0.1, 0.15) is 17.7 Å². The van der Waals surface area contributed by atoms with Gasteiger partial charge in [0, 0.05) is 0 Å². The summed E-state index contributed by atoms with van der Waals surface area (Å²) in [6.07, 6.45) is 2.44. The molecule has 0 aliphatic rings. The van der Waals surface area contributed by atoms with Crippen LogP contribution in [0.25, 0.3) is 22.7 Å². The Morgan fingerprint density at radius 2 is 2.18 bits per heavy atom. The number of aromatic amines is 1. The van der Waals surface area contributed by atoms with Crippen LogP contribution in [0.4, 0.5) is 4.39 Å². The quantitative estimate of drug-likeness (QED) is 0.547. The van der Waals surface area contributed by atoms with Gasteiger partial charge in [0.2, 0.25) is 0 Å². The van der Waals surface area contributed by atoms with E-state index in [2.05, 4.69) is 16.0 Å². The van der Waals surface area contributed by atoms with E-state index in [1.807, 2.05) is 13.8 Å². The Morgan fingerprint density at radius 1 is 1.39 bits per heavy atom. The Kier molecular flexibility index (Phi) is 5.86. The SMILES string of the molecule is CC[C@H](C)Oc1c(Cl)cc(/C=C(/C#N)c2nc3ccc(F)cc3[nH]2)cc1OC. The van der Waals surface area contributed by atoms with E-state index < -0.39 is 0 Å². The van der Waals surface area contributed by atoms with E-state index in [1.54, 1.807) is 24.3 Å². The lowest BCUT2D eigenvalue weighted by Gasteiger charge is -2.17. The fraction of sp³-hybridized carbons (Fsp3) is 0.238. The van der Waals surface area contributed by atoms with Crippen molar-refractivity contribution in [3.8, 4) is 17.6 Å². The third kappa shape index (κ3) is 4.10. The average molecular weight is 400 g/mol. The Morgan fingerprint density at radius 3 is 2.86 bits per heavy atom. The largest absolute Gasteiger partial charge is 0.493 e. The molecule has 144 valence electrons. The second-order valence-electron chi connectivity index (χ2n) is 6.29. The molecule has 0 saturated carbocycles. The lowest BCUT2D eigenvalue weighted by atomic mass is 10.1. The second-order valence-corrected chi connectivity index (χ2v) is 6.69. The minimum Gasteiger partial charge on any atom is -0.493 e. The van der Waals surface area contributed by atoms with Crippen LogP contribution in [0.15, 0.2) is 30.3 Å². The number of aromatic nitrogens is 2. The monoisotopic (exact) mass is 399 g/mol. The first-order valence-electron chi connectivity index (χ1n) is 8.76. The first kappa shape index (κ1) is 19.7. The van der Waals surface area contributed by atoms with Crippen LogP contribution in [-0.2, 0) is 0 Å². The number of ether oxygens (including phenoxy) is 2. The molecule has 0 amide bonds. The molecule has 0 aliphatic carbocycles. The molecule has 1 heterocycles. The number of nitrogens with one attached hydrogen (secondary N) is 1. The van der Waals surface area contributed by atoms with Crippen molar-refractivity contribution in [2.45, 2.75) is 26.4 Å².